The molecule has 3 aromatic carbocycles. The minimum atomic E-state index is 0.779. The molecular weight excluding hydrogens is 374 g/mol. The fourth-order valence-electron chi connectivity index (χ4n) is 3.28. The average Bonchev–Trinajstić information content (AvgIpc) is 2.78. The maximum atomic E-state index is 5.41. The van der Waals surface area contributed by atoms with E-state index in [4.69, 9.17) is 4.74 Å². The summed E-state index contributed by atoms with van der Waals surface area (Å²) < 4.78 is 5.41. The Morgan fingerprint density at radius 2 is 1.37 bits per heavy atom. The predicted octanol–water partition coefficient (Wildman–Crippen LogP) is 6.97. The molecule has 1 aliphatic rings. The van der Waals surface area contributed by atoms with Crippen LogP contribution in [0.5, 0.6) is 0 Å². The van der Waals surface area contributed by atoms with Gasteiger partial charge in [0, 0.05) is 18.8 Å². The number of ether oxygens (including phenoxy) is 1. The molecular formula is C24H25N5O. The first kappa shape index (κ1) is 19.9. The SMILES string of the molecule is Cc1cccc(/N=N/c2ccc(/N=N/c3ccc(N4CCOCC4)cc3)c(C)c2)c1. The van der Waals surface area contributed by atoms with Gasteiger partial charge in [-0.05, 0) is 79.6 Å². The number of azo groups is 2. The predicted molar refractivity (Wildman–Crippen MR) is 120 cm³/mol. The molecule has 0 N–H and O–H groups in total. The number of anilines is 1. The maximum Gasteiger partial charge on any atom is 0.0887 e. The van der Waals surface area contributed by atoms with Gasteiger partial charge in [-0.2, -0.15) is 20.5 Å². The molecule has 1 aliphatic heterocycles. The summed E-state index contributed by atoms with van der Waals surface area (Å²) in [7, 11) is 0. The van der Waals surface area contributed by atoms with Crippen LogP contribution in [-0.2, 0) is 4.74 Å². The van der Waals surface area contributed by atoms with Crippen LogP contribution >= 0.6 is 0 Å². The fraction of sp³-hybridized carbons (Fsp3) is 0.250. The van der Waals surface area contributed by atoms with Gasteiger partial charge in [-0.3, -0.25) is 0 Å². The summed E-state index contributed by atoms with van der Waals surface area (Å²) >= 11 is 0. The molecule has 1 fully saturated rings. The largest absolute Gasteiger partial charge is 0.378 e. The van der Waals surface area contributed by atoms with E-state index in [9.17, 15) is 0 Å². The van der Waals surface area contributed by atoms with Crippen LogP contribution in [0.15, 0.2) is 87.2 Å². The van der Waals surface area contributed by atoms with Crippen molar-refractivity contribution in [3.8, 4) is 0 Å². The number of hydrogen-bond donors (Lipinski definition) is 0. The third-order valence-electron chi connectivity index (χ3n) is 4.96. The summed E-state index contributed by atoms with van der Waals surface area (Å²) in [6.45, 7) is 7.45. The van der Waals surface area contributed by atoms with E-state index in [0.717, 1.165) is 60.2 Å². The molecule has 0 atom stereocenters. The van der Waals surface area contributed by atoms with E-state index in [0.29, 0.717) is 0 Å². The van der Waals surface area contributed by atoms with Gasteiger partial charge in [0.15, 0.2) is 0 Å². The van der Waals surface area contributed by atoms with Crippen molar-refractivity contribution in [3.63, 3.8) is 0 Å². The molecule has 4 rings (SSSR count). The Morgan fingerprint density at radius 1 is 0.700 bits per heavy atom. The van der Waals surface area contributed by atoms with Gasteiger partial charge in [-0.1, -0.05) is 12.1 Å². The number of rotatable bonds is 5. The smallest absolute Gasteiger partial charge is 0.0887 e. The molecule has 0 radical (unpaired) electrons. The van der Waals surface area contributed by atoms with Crippen LogP contribution in [0.25, 0.3) is 0 Å². The van der Waals surface area contributed by atoms with Gasteiger partial charge in [0.05, 0.1) is 36.0 Å². The van der Waals surface area contributed by atoms with Gasteiger partial charge in [-0.15, -0.1) is 0 Å². The molecule has 3 aromatic rings. The van der Waals surface area contributed by atoms with Crippen molar-refractivity contribution in [3.05, 3.63) is 77.9 Å². The summed E-state index contributed by atoms with van der Waals surface area (Å²) in [6.07, 6.45) is 0. The van der Waals surface area contributed by atoms with Crippen molar-refractivity contribution in [2.45, 2.75) is 13.8 Å². The molecule has 30 heavy (non-hydrogen) atoms. The normalized spacial score (nSPS) is 14.7. The second-order valence-electron chi connectivity index (χ2n) is 7.33. The van der Waals surface area contributed by atoms with E-state index in [1.807, 2.05) is 68.4 Å². The van der Waals surface area contributed by atoms with Gasteiger partial charge in [-0.25, -0.2) is 0 Å². The molecule has 0 saturated carbocycles. The molecule has 6 nitrogen and oxygen atoms in total. The number of benzene rings is 3. The minimum absolute atomic E-state index is 0.779. The Hall–Kier alpha value is -3.38. The van der Waals surface area contributed by atoms with Gasteiger partial charge < -0.3 is 9.64 Å². The van der Waals surface area contributed by atoms with Crippen LogP contribution in [-0.4, -0.2) is 26.3 Å². The van der Waals surface area contributed by atoms with Gasteiger partial charge >= 0.3 is 0 Å². The maximum absolute atomic E-state index is 5.41. The van der Waals surface area contributed by atoms with E-state index in [2.05, 4.69) is 37.5 Å². The third-order valence-corrected chi connectivity index (χ3v) is 4.96. The first-order chi connectivity index (χ1) is 14.7. The molecule has 1 heterocycles. The van der Waals surface area contributed by atoms with Crippen LogP contribution < -0.4 is 4.90 Å². The average molecular weight is 399 g/mol. The quantitative estimate of drug-likeness (QED) is 0.435. The summed E-state index contributed by atoms with van der Waals surface area (Å²) in [5.74, 6) is 0. The summed E-state index contributed by atoms with van der Waals surface area (Å²) in [4.78, 5) is 2.32. The highest BCUT2D eigenvalue weighted by Gasteiger charge is 2.10. The second-order valence-corrected chi connectivity index (χ2v) is 7.33. The van der Waals surface area contributed by atoms with E-state index in [1.165, 1.54) is 5.69 Å². The van der Waals surface area contributed by atoms with E-state index < -0.39 is 0 Å². The lowest BCUT2D eigenvalue weighted by molar-refractivity contribution is 0.122. The fourth-order valence-corrected chi connectivity index (χ4v) is 3.28. The Labute approximate surface area is 176 Å². The van der Waals surface area contributed by atoms with E-state index in [1.54, 1.807) is 0 Å². The number of aryl methyl sites for hydroxylation is 2. The topological polar surface area (TPSA) is 61.9 Å². The van der Waals surface area contributed by atoms with Crippen molar-refractivity contribution in [1.29, 1.82) is 0 Å². The number of morpholine rings is 1. The van der Waals surface area contributed by atoms with E-state index >= 15 is 0 Å². The lowest BCUT2D eigenvalue weighted by atomic mass is 10.2. The number of nitrogens with zero attached hydrogens (tertiary/aromatic N) is 5. The highest BCUT2D eigenvalue weighted by Crippen LogP contribution is 2.28. The molecule has 0 bridgehead atoms. The summed E-state index contributed by atoms with van der Waals surface area (Å²) in [6, 6.07) is 21.9. The zero-order valence-corrected chi connectivity index (χ0v) is 17.3. The minimum Gasteiger partial charge on any atom is -0.378 e. The first-order valence-corrected chi connectivity index (χ1v) is 10.1. The Balaban J connectivity index is 1.42. The molecule has 0 spiro atoms. The molecule has 0 aromatic heterocycles. The zero-order chi connectivity index (χ0) is 20.8. The van der Waals surface area contributed by atoms with Gasteiger partial charge in [0.2, 0.25) is 0 Å². The molecule has 152 valence electrons. The molecule has 0 unspecified atom stereocenters. The van der Waals surface area contributed by atoms with Crippen LogP contribution in [0.1, 0.15) is 11.1 Å². The van der Waals surface area contributed by atoms with Crippen molar-refractivity contribution in [2.75, 3.05) is 31.2 Å². The van der Waals surface area contributed by atoms with Gasteiger partial charge in [0.1, 0.15) is 0 Å². The molecule has 0 aliphatic carbocycles. The van der Waals surface area contributed by atoms with Crippen LogP contribution in [0.2, 0.25) is 0 Å². The number of hydrogen-bond acceptors (Lipinski definition) is 6. The monoisotopic (exact) mass is 399 g/mol. The highest BCUT2D eigenvalue weighted by molar-refractivity contribution is 5.55. The van der Waals surface area contributed by atoms with E-state index in [-0.39, 0.29) is 0 Å². The third kappa shape index (κ3) is 5.15. The van der Waals surface area contributed by atoms with Crippen molar-refractivity contribution >= 4 is 28.4 Å². The van der Waals surface area contributed by atoms with Crippen LogP contribution in [0, 0.1) is 13.8 Å². The molecule has 1 saturated heterocycles. The highest BCUT2D eigenvalue weighted by atomic mass is 16.5. The molecule has 6 heteroatoms. The van der Waals surface area contributed by atoms with Crippen LogP contribution in [0.4, 0.5) is 28.4 Å². The lowest BCUT2D eigenvalue weighted by Crippen LogP contribution is -2.36. The zero-order valence-electron chi connectivity index (χ0n) is 17.3. The lowest BCUT2D eigenvalue weighted by Gasteiger charge is -2.28. The Kier molecular flexibility index (Phi) is 6.25. The van der Waals surface area contributed by atoms with Crippen molar-refractivity contribution < 1.29 is 4.74 Å². The first-order valence-electron chi connectivity index (χ1n) is 10.1. The molecule has 0 amide bonds. The summed E-state index contributed by atoms with van der Waals surface area (Å²) in [5.41, 5.74) is 6.65. The second kappa shape index (κ2) is 9.41. The van der Waals surface area contributed by atoms with Gasteiger partial charge in [0.25, 0.3) is 0 Å². The Bertz CT molecular complexity index is 1050. The van der Waals surface area contributed by atoms with Crippen molar-refractivity contribution in [1.82, 2.24) is 0 Å². The standard InChI is InChI=1S/C24H25N5O/c1-18-4-3-5-21(16-18)26-27-22-8-11-24(19(2)17-22)28-25-20-6-9-23(10-7-20)29-12-14-30-15-13-29/h3-11,16-17H,12-15H2,1-2H3/b27-26+,28-25+. The van der Waals surface area contributed by atoms with Crippen molar-refractivity contribution in [2.24, 2.45) is 20.5 Å². The Morgan fingerprint density at radius 3 is 2.07 bits per heavy atom. The summed E-state index contributed by atoms with van der Waals surface area (Å²) in [5, 5.41) is 17.4. The van der Waals surface area contributed by atoms with Crippen LogP contribution in [0.3, 0.4) is 0 Å².